The minimum atomic E-state index is 0. The zero-order valence-corrected chi connectivity index (χ0v) is 14.9. The van der Waals surface area contributed by atoms with Gasteiger partial charge in [-0.25, -0.2) is 9.97 Å². The van der Waals surface area contributed by atoms with Crippen LogP contribution >= 0.6 is 12.4 Å². The van der Waals surface area contributed by atoms with Crippen LogP contribution in [0.2, 0.25) is 0 Å². The van der Waals surface area contributed by atoms with E-state index in [2.05, 4.69) is 42.5 Å². The maximum atomic E-state index is 6.18. The second-order valence-electron chi connectivity index (χ2n) is 6.35. The molecule has 0 aliphatic carbocycles. The molecule has 0 fully saturated rings. The van der Waals surface area contributed by atoms with Crippen LogP contribution in [-0.2, 0) is 13.0 Å². The summed E-state index contributed by atoms with van der Waals surface area (Å²) in [4.78, 5) is 9.35. The molecule has 0 saturated carbocycles. The molecule has 1 aromatic carbocycles. The predicted octanol–water partition coefficient (Wildman–Crippen LogP) is 4.59. The second kappa shape index (κ2) is 7.18. The lowest BCUT2D eigenvalue weighted by atomic mass is 10.1. The molecule has 0 unspecified atom stereocenters. The van der Waals surface area contributed by atoms with Gasteiger partial charge in [0.05, 0.1) is 11.0 Å². The average Bonchev–Trinajstić information content (AvgIpc) is 2.84. The number of nitrogens with zero attached hydrogens (tertiary/aromatic N) is 3. The molecule has 23 heavy (non-hydrogen) atoms. The summed E-state index contributed by atoms with van der Waals surface area (Å²) in [6.45, 7) is 7.65. The third-order valence-electron chi connectivity index (χ3n) is 3.99. The van der Waals surface area contributed by atoms with Crippen molar-refractivity contribution in [3.05, 3.63) is 30.1 Å². The fourth-order valence-corrected chi connectivity index (χ4v) is 2.99. The number of hydrogen-bond donors (Lipinski definition) is 1. The monoisotopic (exact) mass is 332 g/mol. The first-order chi connectivity index (χ1) is 10.6. The van der Waals surface area contributed by atoms with Crippen LogP contribution in [0.1, 0.15) is 39.4 Å². The van der Waals surface area contributed by atoms with Crippen LogP contribution < -0.4 is 5.73 Å². The van der Waals surface area contributed by atoms with Crippen LogP contribution in [0.3, 0.4) is 0 Å². The molecule has 5 heteroatoms. The molecular weight excluding hydrogens is 308 g/mol. The topological polar surface area (TPSA) is 56.7 Å². The van der Waals surface area contributed by atoms with Crippen molar-refractivity contribution in [3.63, 3.8) is 0 Å². The van der Waals surface area contributed by atoms with Gasteiger partial charge in [-0.3, -0.25) is 0 Å². The first-order valence-electron chi connectivity index (χ1n) is 8.15. The van der Waals surface area contributed by atoms with Crippen molar-refractivity contribution in [2.24, 2.45) is 5.92 Å². The first-order valence-corrected chi connectivity index (χ1v) is 8.15. The van der Waals surface area contributed by atoms with Crippen LogP contribution in [0.5, 0.6) is 0 Å². The van der Waals surface area contributed by atoms with Crippen molar-refractivity contribution in [2.75, 3.05) is 5.73 Å². The zero-order chi connectivity index (χ0) is 15.7. The largest absolute Gasteiger partial charge is 0.382 e. The Kier molecular flexibility index (Phi) is 5.47. The highest BCUT2D eigenvalue weighted by molar-refractivity contribution is 6.06. The summed E-state index contributed by atoms with van der Waals surface area (Å²) in [5.74, 6) is 2.23. The number of nitrogen functional groups attached to an aromatic ring is 1. The summed E-state index contributed by atoms with van der Waals surface area (Å²) in [5.41, 5.74) is 9.11. The van der Waals surface area contributed by atoms with E-state index in [0.29, 0.717) is 11.7 Å². The lowest BCUT2D eigenvalue weighted by Gasteiger charge is -2.13. The van der Waals surface area contributed by atoms with Gasteiger partial charge < -0.3 is 10.3 Å². The van der Waals surface area contributed by atoms with Gasteiger partial charge in [-0.05, 0) is 18.4 Å². The Morgan fingerprint density at radius 2 is 1.91 bits per heavy atom. The van der Waals surface area contributed by atoms with Gasteiger partial charge in [0.1, 0.15) is 11.3 Å². The van der Waals surface area contributed by atoms with E-state index < -0.39 is 0 Å². The molecule has 0 aliphatic heterocycles. The van der Waals surface area contributed by atoms with Crippen molar-refractivity contribution in [3.8, 4) is 0 Å². The number of para-hydroxylation sites is 1. The minimum absolute atomic E-state index is 0. The normalized spacial score (nSPS) is 11.3. The van der Waals surface area contributed by atoms with E-state index in [0.717, 1.165) is 47.1 Å². The third kappa shape index (κ3) is 3.27. The number of halogens is 1. The molecule has 2 aromatic heterocycles. The lowest BCUT2D eigenvalue weighted by molar-refractivity contribution is 0.513. The molecule has 3 rings (SSSR count). The van der Waals surface area contributed by atoms with Gasteiger partial charge in [-0.1, -0.05) is 45.4 Å². The standard InChI is InChI=1S/C18H24N4.ClH/c1-4-5-10-15-21-16-17(22(15)11-12(2)3)13-8-6-7-9-14(13)20-18(16)19;/h6-9,12H,4-5,10-11H2,1-3H3,(H2,19,20);1H. The van der Waals surface area contributed by atoms with Gasteiger partial charge in [0.15, 0.2) is 5.82 Å². The Morgan fingerprint density at radius 3 is 2.61 bits per heavy atom. The summed E-state index contributed by atoms with van der Waals surface area (Å²) >= 11 is 0. The molecule has 2 heterocycles. The Hall–Kier alpha value is -1.81. The number of unbranched alkanes of at least 4 members (excludes halogenated alkanes) is 1. The van der Waals surface area contributed by atoms with E-state index in [1.54, 1.807) is 0 Å². The average molecular weight is 333 g/mol. The number of hydrogen-bond acceptors (Lipinski definition) is 3. The SMILES string of the molecule is CCCCc1nc2c(N)nc3ccccc3c2n1CC(C)C.Cl. The highest BCUT2D eigenvalue weighted by Crippen LogP contribution is 2.29. The summed E-state index contributed by atoms with van der Waals surface area (Å²) in [6.07, 6.45) is 3.30. The summed E-state index contributed by atoms with van der Waals surface area (Å²) in [5, 5.41) is 1.14. The Labute approximate surface area is 143 Å². The maximum absolute atomic E-state index is 6.18. The minimum Gasteiger partial charge on any atom is -0.382 e. The van der Waals surface area contributed by atoms with Crippen LogP contribution in [-0.4, -0.2) is 14.5 Å². The molecule has 0 radical (unpaired) electrons. The molecule has 0 atom stereocenters. The number of pyridine rings is 1. The third-order valence-corrected chi connectivity index (χ3v) is 3.99. The Balaban J connectivity index is 0.00000192. The number of aromatic nitrogens is 3. The summed E-state index contributed by atoms with van der Waals surface area (Å²) in [7, 11) is 0. The fourth-order valence-electron chi connectivity index (χ4n) is 2.99. The molecule has 0 aliphatic rings. The van der Waals surface area contributed by atoms with Crippen LogP contribution in [0.4, 0.5) is 5.82 Å². The molecular formula is C18H25ClN4. The number of anilines is 1. The van der Waals surface area contributed by atoms with Crippen molar-refractivity contribution >= 4 is 40.2 Å². The van der Waals surface area contributed by atoms with Gasteiger partial charge in [0, 0.05) is 18.4 Å². The number of benzene rings is 1. The first kappa shape index (κ1) is 17.5. The highest BCUT2D eigenvalue weighted by atomic mass is 35.5. The van der Waals surface area contributed by atoms with E-state index in [9.17, 15) is 0 Å². The van der Waals surface area contributed by atoms with Crippen molar-refractivity contribution < 1.29 is 0 Å². The molecule has 2 N–H and O–H groups in total. The van der Waals surface area contributed by atoms with Crippen LogP contribution in [0, 0.1) is 5.92 Å². The predicted molar refractivity (Wildman–Crippen MR) is 100 cm³/mol. The van der Waals surface area contributed by atoms with Crippen molar-refractivity contribution in [1.29, 1.82) is 0 Å². The van der Waals surface area contributed by atoms with E-state index in [-0.39, 0.29) is 12.4 Å². The van der Waals surface area contributed by atoms with Crippen LogP contribution in [0.25, 0.3) is 21.9 Å². The highest BCUT2D eigenvalue weighted by Gasteiger charge is 2.17. The molecule has 0 bridgehead atoms. The molecule has 0 saturated heterocycles. The van der Waals surface area contributed by atoms with E-state index >= 15 is 0 Å². The fraction of sp³-hybridized carbons (Fsp3) is 0.444. The van der Waals surface area contributed by atoms with E-state index in [1.807, 2.05) is 12.1 Å². The zero-order valence-electron chi connectivity index (χ0n) is 14.0. The van der Waals surface area contributed by atoms with Gasteiger partial charge in [0.25, 0.3) is 0 Å². The number of nitrogens with two attached hydrogens (primary N) is 1. The number of fused-ring (bicyclic) bond motifs is 3. The van der Waals surface area contributed by atoms with Crippen molar-refractivity contribution in [1.82, 2.24) is 14.5 Å². The molecule has 0 spiro atoms. The lowest BCUT2D eigenvalue weighted by Crippen LogP contribution is -2.09. The quantitative estimate of drug-likeness (QED) is 0.743. The summed E-state index contributed by atoms with van der Waals surface area (Å²) < 4.78 is 2.36. The van der Waals surface area contributed by atoms with Gasteiger partial charge in [0.2, 0.25) is 0 Å². The van der Waals surface area contributed by atoms with Gasteiger partial charge >= 0.3 is 0 Å². The number of aryl methyl sites for hydroxylation is 1. The molecule has 0 amide bonds. The number of rotatable bonds is 5. The van der Waals surface area contributed by atoms with Gasteiger partial charge in [-0.2, -0.15) is 0 Å². The molecule has 3 aromatic rings. The van der Waals surface area contributed by atoms with E-state index in [1.165, 1.54) is 6.42 Å². The second-order valence-corrected chi connectivity index (χ2v) is 6.35. The molecule has 124 valence electrons. The Morgan fingerprint density at radius 1 is 1.17 bits per heavy atom. The van der Waals surface area contributed by atoms with Crippen molar-refractivity contribution in [2.45, 2.75) is 46.6 Å². The smallest absolute Gasteiger partial charge is 0.152 e. The molecule has 4 nitrogen and oxygen atoms in total. The maximum Gasteiger partial charge on any atom is 0.152 e. The summed E-state index contributed by atoms with van der Waals surface area (Å²) in [6, 6.07) is 8.19. The van der Waals surface area contributed by atoms with Gasteiger partial charge in [-0.15, -0.1) is 12.4 Å². The number of imidazole rings is 1. The van der Waals surface area contributed by atoms with E-state index in [4.69, 9.17) is 10.7 Å². The van der Waals surface area contributed by atoms with Crippen LogP contribution in [0.15, 0.2) is 24.3 Å². The Bertz CT molecular complexity index is 807.